The number of ether oxygens (including phenoxy) is 3. The second-order valence-corrected chi connectivity index (χ2v) is 6.27. The molecule has 148 valence electrons. The fourth-order valence-electron chi connectivity index (χ4n) is 2.85. The molecule has 1 aliphatic rings. The normalized spacial score (nSPS) is 13.7. The van der Waals surface area contributed by atoms with Crippen LogP contribution in [0.15, 0.2) is 48.5 Å². The van der Waals surface area contributed by atoms with E-state index in [2.05, 4.69) is 5.32 Å². The summed E-state index contributed by atoms with van der Waals surface area (Å²) in [7, 11) is 1.61. The maximum absolute atomic E-state index is 12.5. The molecule has 0 saturated carbocycles. The lowest BCUT2D eigenvalue weighted by molar-refractivity contribution is 0.0303. The van der Waals surface area contributed by atoms with E-state index in [1.807, 2.05) is 12.1 Å². The molecule has 1 N–H and O–H groups in total. The van der Waals surface area contributed by atoms with E-state index in [0.717, 1.165) is 5.75 Å². The molecule has 0 unspecified atom stereocenters. The summed E-state index contributed by atoms with van der Waals surface area (Å²) in [5.74, 6) is 1.14. The van der Waals surface area contributed by atoms with E-state index >= 15 is 0 Å². The number of amides is 2. The van der Waals surface area contributed by atoms with E-state index in [-0.39, 0.29) is 11.8 Å². The molecule has 1 fully saturated rings. The molecule has 0 bridgehead atoms. The van der Waals surface area contributed by atoms with Gasteiger partial charge in [0.05, 0.1) is 26.9 Å². The Morgan fingerprint density at radius 2 is 1.71 bits per heavy atom. The number of hydrogen-bond acceptors (Lipinski definition) is 5. The molecular weight excluding hydrogens is 360 g/mol. The van der Waals surface area contributed by atoms with E-state index in [1.54, 1.807) is 48.4 Å². The Kier molecular flexibility index (Phi) is 6.86. The van der Waals surface area contributed by atoms with Crippen molar-refractivity contribution in [2.24, 2.45) is 0 Å². The van der Waals surface area contributed by atoms with Crippen molar-refractivity contribution >= 4 is 11.8 Å². The molecule has 0 aliphatic carbocycles. The molecule has 0 radical (unpaired) electrons. The van der Waals surface area contributed by atoms with Crippen LogP contribution in [-0.2, 0) is 4.74 Å². The van der Waals surface area contributed by atoms with Crippen LogP contribution in [0.1, 0.15) is 20.7 Å². The van der Waals surface area contributed by atoms with Crippen LogP contribution in [0.2, 0.25) is 0 Å². The molecule has 28 heavy (non-hydrogen) atoms. The van der Waals surface area contributed by atoms with Gasteiger partial charge in [-0.15, -0.1) is 0 Å². The zero-order valence-electron chi connectivity index (χ0n) is 15.8. The third-order valence-corrected chi connectivity index (χ3v) is 4.39. The first-order valence-electron chi connectivity index (χ1n) is 9.19. The molecule has 2 aromatic carbocycles. The topological polar surface area (TPSA) is 77.1 Å². The van der Waals surface area contributed by atoms with E-state index in [0.29, 0.717) is 56.3 Å². The molecule has 2 amide bonds. The highest BCUT2D eigenvalue weighted by atomic mass is 16.5. The Balaban J connectivity index is 1.49. The second kappa shape index (κ2) is 9.75. The fourth-order valence-corrected chi connectivity index (χ4v) is 2.85. The first-order valence-corrected chi connectivity index (χ1v) is 9.19. The van der Waals surface area contributed by atoms with Gasteiger partial charge in [0, 0.05) is 24.2 Å². The molecule has 1 aliphatic heterocycles. The van der Waals surface area contributed by atoms with Crippen molar-refractivity contribution in [3.63, 3.8) is 0 Å². The third kappa shape index (κ3) is 5.23. The van der Waals surface area contributed by atoms with Crippen molar-refractivity contribution in [3.8, 4) is 11.5 Å². The largest absolute Gasteiger partial charge is 0.497 e. The van der Waals surface area contributed by atoms with Gasteiger partial charge in [0.2, 0.25) is 0 Å². The van der Waals surface area contributed by atoms with Crippen molar-refractivity contribution in [3.05, 3.63) is 59.7 Å². The van der Waals surface area contributed by atoms with Gasteiger partial charge in [-0.25, -0.2) is 0 Å². The van der Waals surface area contributed by atoms with Crippen LogP contribution in [0.5, 0.6) is 11.5 Å². The van der Waals surface area contributed by atoms with E-state index in [4.69, 9.17) is 14.2 Å². The Hall–Kier alpha value is -3.06. The lowest BCUT2D eigenvalue weighted by Crippen LogP contribution is -2.40. The summed E-state index contributed by atoms with van der Waals surface area (Å²) in [5.41, 5.74) is 0.951. The van der Waals surface area contributed by atoms with Gasteiger partial charge in [-0.05, 0) is 42.5 Å². The number of morpholine rings is 1. The van der Waals surface area contributed by atoms with E-state index in [1.165, 1.54) is 0 Å². The first-order chi connectivity index (χ1) is 13.7. The predicted octanol–water partition coefficient (Wildman–Crippen LogP) is 1.98. The van der Waals surface area contributed by atoms with Crippen molar-refractivity contribution in [1.29, 1.82) is 0 Å². The van der Waals surface area contributed by atoms with Crippen molar-refractivity contribution in [2.45, 2.75) is 0 Å². The SMILES string of the molecule is COc1ccc(OCCNC(=O)c2cccc(C(=O)N3CCOCC3)c2)cc1. The minimum absolute atomic E-state index is 0.0826. The summed E-state index contributed by atoms with van der Waals surface area (Å²) < 4.78 is 16.0. The number of methoxy groups -OCH3 is 1. The zero-order chi connectivity index (χ0) is 19.8. The van der Waals surface area contributed by atoms with Crippen molar-refractivity contribution in [1.82, 2.24) is 10.2 Å². The Morgan fingerprint density at radius 1 is 1.04 bits per heavy atom. The third-order valence-electron chi connectivity index (χ3n) is 4.39. The number of carbonyl (C=O) groups is 2. The molecule has 0 atom stereocenters. The van der Waals surface area contributed by atoms with Crippen molar-refractivity contribution in [2.75, 3.05) is 46.6 Å². The van der Waals surface area contributed by atoms with Crippen LogP contribution in [-0.4, -0.2) is 63.3 Å². The van der Waals surface area contributed by atoms with Crippen LogP contribution in [0.4, 0.5) is 0 Å². The molecule has 1 heterocycles. The van der Waals surface area contributed by atoms with Gasteiger partial charge in [0.15, 0.2) is 0 Å². The Morgan fingerprint density at radius 3 is 2.43 bits per heavy atom. The fraction of sp³-hybridized carbons (Fsp3) is 0.333. The first kappa shape index (κ1) is 19.7. The van der Waals surface area contributed by atoms with Gasteiger partial charge < -0.3 is 24.4 Å². The summed E-state index contributed by atoms with van der Waals surface area (Å²) in [5, 5.41) is 2.80. The lowest BCUT2D eigenvalue weighted by atomic mass is 10.1. The minimum Gasteiger partial charge on any atom is -0.497 e. The van der Waals surface area contributed by atoms with Crippen LogP contribution in [0.25, 0.3) is 0 Å². The summed E-state index contributed by atoms with van der Waals surface area (Å²) >= 11 is 0. The van der Waals surface area contributed by atoms with Crippen LogP contribution < -0.4 is 14.8 Å². The monoisotopic (exact) mass is 384 g/mol. The number of hydrogen-bond donors (Lipinski definition) is 1. The predicted molar refractivity (Wildman–Crippen MR) is 104 cm³/mol. The van der Waals surface area contributed by atoms with Crippen LogP contribution in [0, 0.1) is 0 Å². The van der Waals surface area contributed by atoms with Gasteiger partial charge >= 0.3 is 0 Å². The van der Waals surface area contributed by atoms with Crippen LogP contribution >= 0.6 is 0 Å². The number of rotatable bonds is 7. The summed E-state index contributed by atoms with van der Waals surface area (Å²) in [6.45, 7) is 2.91. The standard InChI is InChI=1S/C21H24N2O5/c1-26-18-5-7-19(8-6-18)28-12-9-22-20(24)16-3-2-4-17(15-16)21(25)23-10-13-27-14-11-23/h2-8,15H,9-14H2,1H3,(H,22,24). The smallest absolute Gasteiger partial charge is 0.254 e. The molecule has 2 aromatic rings. The summed E-state index contributed by atoms with van der Waals surface area (Å²) in [4.78, 5) is 26.6. The summed E-state index contributed by atoms with van der Waals surface area (Å²) in [6, 6.07) is 14.0. The van der Waals surface area contributed by atoms with Crippen molar-refractivity contribution < 1.29 is 23.8 Å². The molecule has 1 saturated heterocycles. The van der Waals surface area contributed by atoms with Gasteiger partial charge in [-0.2, -0.15) is 0 Å². The molecular formula is C21H24N2O5. The molecule has 0 aromatic heterocycles. The van der Waals surface area contributed by atoms with Gasteiger partial charge in [0.25, 0.3) is 11.8 Å². The number of nitrogens with one attached hydrogen (secondary N) is 1. The maximum atomic E-state index is 12.5. The van der Waals surface area contributed by atoms with E-state index < -0.39 is 0 Å². The molecule has 7 nitrogen and oxygen atoms in total. The summed E-state index contributed by atoms with van der Waals surface area (Å²) in [6.07, 6.45) is 0. The number of carbonyl (C=O) groups excluding carboxylic acids is 2. The van der Waals surface area contributed by atoms with Gasteiger partial charge in [-0.3, -0.25) is 9.59 Å². The lowest BCUT2D eigenvalue weighted by Gasteiger charge is -2.27. The van der Waals surface area contributed by atoms with E-state index in [9.17, 15) is 9.59 Å². The quantitative estimate of drug-likeness (QED) is 0.739. The highest BCUT2D eigenvalue weighted by molar-refractivity contribution is 5.99. The number of benzene rings is 2. The average molecular weight is 384 g/mol. The highest BCUT2D eigenvalue weighted by Crippen LogP contribution is 2.16. The second-order valence-electron chi connectivity index (χ2n) is 6.27. The highest BCUT2D eigenvalue weighted by Gasteiger charge is 2.19. The van der Waals surface area contributed by atoms with Gasteiger partial charge in [0.1, 0.15) is 18.1 Å². The minimum atomic E-state index is -0.241. The molecule has 0 spiro atoms. The Labute approximate surface area is 164 Å². The zero-order valence-corrected chi connectivity index (χ0v) is 15.8. The Bertz CT molecular complexity index is 801. The maximum Gasteiger partial charge on any atom is 0.254 e. The van der Waals surface area contributed by atoms with Gasteiger partial charge in [-0.1, -0.05) is 6.07 Å². The molecule has 3 rings (SSSR count). The molecule has 7 heteroatoms. The average Bonchev–Trinajstić information content (AvgIpc) is 2.77. The van der Waals surface area contributed by atoms with Crippen LogP contribution in [0.3, 0.4) is 0 Å². The number of nitrogens with zero attached hydrogens (tertiary/aromatic N) is 1.